The Hall–Kier alpha value is -2.07. The fraction of sp³-hybridized carbons (Fsp3) is 0.538. The molecule has 4 heteroatoms. The van der Waals surface area contributed by atoms with Crippen LogP contribution in [0.15, 0.2) is 48.5 Å². The summed E-state index contributed by atoms with van der Waals surface area (Å²) >= 11 is 0. The highest BCUT2D eigenvalue weighted by molar-refractivity contribution is 5.36. The van der Waals surface area contributed by atoms with Crippen LogP contribution in [0.5, 0.6) is 11.5 Å². The van der Waals surface area contributed by atoms with E-state index >= 15 is 0 Å². The molecule has 162 valence electrons. The Balaban J connectivity index is 1.62. The van der Waals surface area contributed by atoms with E-state index in [9.17, 15) is 4.39 Å². The van der Waals surface area contributed by atoms with E-state index in [-0.39, 0.29) is 12.1 Å². The third-order valence-electron chi connectivity index (χ3n) is 6.73. The van der Waals surface area contributed by atoms with Gasteiger partial charge in [-0.05, 0) is 61.3 Å². The molecule has 0 bridgehead atoms. The second-order valence-corrected chi connectivity index (χ2v) is 8.97. The Morgan fingerprint density at radius 2 is 1.77 bits per heavy atom. The molecule has 0 heterocycles. The van der Waals surface area contributed by atoms with Gasteiger partial charge in [-0.3, -0.25) is 0 Å². The summed E-state index contributed by atoms with van der Waals surface area (Å²) in [4.78, 5) is 0. The zero-order valence-corrected chi connectivity index (χ0v) is 17.9. The number of alkyl halides is 1. The zero-order chi connectivity index (χ0) is 20.9. The van der Waals surface area contributed by atoms with Gasteiger partial charge in [-0.15, -0.1) is 0 Å². The number of ether oxygens (including phenoxy) is 2. The molecule has 30 heavy (non-hydrogen) atoms. The fourth-order valence-electron chi connectivity index (χ4n) is 5.34. The van der Waals surface area contributed by atoms with Gasteiger partial charge in [0.1, 0.15) is 17.6 Å². The number of hydrogen-bond donors (Lipinski definition) is 1. The second kappa shape index (κ2) is 9.82. The lowest BCUT2D eigenvalue weighted by Gasteiger charge is -2.40. The van der Waals surface area contributed by atoms with Crippen LogP contribution in [0.25, 0.3) is 0 Å². The SMILES string of the molecule is CC(F)Oc1cccc(O[C@H]2c3ccccc3CC[C@@H]2C2CCCCC[C@H](N)C2)c1. The van der Waals surface area contributed by atoms with Gasteiger partial charge in [-0.25, -0.2) is 4.39 Å². The molecule has 3 nitrogen and oxygen atoms in total. The van der Waals surface area contributed by atoms with Crippen LogP contribution in [-0.4, -0.2) is 12.4 Å². The summed E-state index contributed by atoms with van der Waals surface area (Å²) in [6.07, 6.45) is 8.10. The molecule has 2 aromatic rings. The molecule has 0 aliphatic heterocycles. The standard InChI is InChI=1S/C26H34FNO2/c1-18(27)29-22-11-7-12-23(17-22)30-26-24-13-6-5-8-19(24)14-15-25(26)20-9-3-2-4-10-21(28)16-20/h5-8,11-13,17-18,20-21,25-26H,2-4,9-10,14-16,28H2,1H3/t18?,20?,21-,25+,26-/m0/s1. The summed E-state index contributed by atoms with van der Waals surface area (Å²) in [7, 11) is 0. The summed E-state index contributed by atoms with van der Waals surface area (Å²) in [5, 5.41) is 0. The molecule has 0 amide bonds. The largest absolute Gasteiger partial charge is 0.485 e. The summed E-state index contributed by atoms with van der Waals surface area (Å²) in [5.74, 6) is 2.24. The predicted octanol–water partition coefficient (Wildman–Crippen LogP) is 6.36. The highest BCUT2D eigenvalue weighted by Gasteiger charge is 2.37. The van der Waals surface area contributed by atoms with E-state index in [4.69, 9.17) is 15.2 Å². The number of aryl methyl sites for hydroxylation is 1. The summed E-state index contributed by atoms with van der Waals surface area (Å²) in [5.41, 5.74) is 9.13. The van der Waals surface area contributed by atoms with E-state index < -0.39 is 6.36 Å². The van der Waals surface area contributed by atoms with Crippen molar-refractivity contribution in [3.05, 3.63) is 59.7 Å². The van der Waals surface area contributed by atoms with Crippen LogP contribution in [0.4, 0.5) is 4.39 Å². The second-order valence-electron chi connectivity index (χ2n) is 8.97. The summed E-state index contributed by atoms with van der Waals surface area (Å²) in [6.45, 7) is 1.39. The van der Waals surface area contributed by atoms with Crippen LogP contribution in [0.3, 0.4) is 0 Å². The number of fused-ring (bicyclic) bond motifs is 1. The predicted molar refractivity (Wildman–Crippen MR) is 118 cm³/mol. The van der Waals surface area contributed by atoms with Gasteiger partial charge in [-0.1, -0.05) is 49.6 Å². The first-order valence-electron chi connectivity index (χ1n) is 11.5. The molecule has 2 aliphatic rings. The Kier molecular flexibility index (Phi) is 6.93. The summed E-state index contributed by atoms with van der Waals surface area (Å²) in [6, 6.07) is 16.3. The molecule has 1 saturated carbocycles. The Morgan fingerprint density at radius 1 is 0.967 bits per heavy atom. The lowest BCUT2D eigenvalue weighted by Crippen LogP contribution is -2.35. The Morgan fingerprint density at radius 3 is 2.63 bits per heavy atom. The smallest absolute Gasteiger partial charge is 0.235 e. The monoisotopic (exact) mass is 411 g/mol. The molecule has 2 aliphatic carbocycles. The van der Waals surface area contributed by atoms with E-state index in [1.807, 2.05) is 12.1 Å². The quantitative estimate of drug-likeness (QED) is 0.622. The number of halogens is 1. The van der Waals surface area contributed by atoms with Crippen molar-refractivity contribution in [1.29, 1.82) is 0 Å². The van der Waals surface area contributed by atoms with Crippen molar-refractivity contribution < 1.29 is 13.9 Å². The molecule has 0 saturated heterocycles. The minimum Gasteiger partial charge on any atom is -0.485 e. The number of hydrogen-bond acceptors (Lipinski definition) is 3. The van der Waals surface area contributed by atoms with Crippen molar-refractivity contribution in [1.82, 2.24) is 0 Å². The molecular formula is C26H34FNO2. The maximum atomic E-state index is 13.3. The normalized spacial score (nSPS) is 28.0. The molecule has 1 fully saturated rings. The lowest BCUT2D eigenvalue weighted by molar-refractivity contribution is 0.0636. The van der Waals surface area contributed by atoms with Gasteiger partial charge in [0.2, 0.25) is 6.36 Å². The van der Waals surface area contributed by atoms with Gasteiger partial charge < -0.3 is 15.2 Å². The van der Waals surface area contributed by atoms with E-state index in [2.05, 4.69) is 24.3 Å². The highest BCUT2D eigenvalue weighted by Crippen LogP contribution is 2.45. The molecule has 2 aromatic carbocycles. The first-order chi connectivity index (χ1) is 14.6. The van der Waals surface area contributed by atoms with Gasteiger partial charge in [0, 0.05) is 24.9 Å². The Bertz CT molecular complexity index is 824. The molecular weight excluding hydrogens is 377 g/mol. The van der Waals surface area contributed by atoms with Crippen LogP contribution >= 0.6 is 0 Å². The van der Waals surface area contributed by atoms with Crippen LogP contribution in [-0.2, 0) is 6.42 Å². The molecule has 4 rings (SSSR count). The first-order valence-corrected chi connectivity index (χ1v) is 11.5. The summed E-state index contributed by atoms with van der Waals surface area (Å²) < 4.78 is 25.2. The average molecular weight is 412 g/mol. The minimum atomic E-state index is -1.35. The van der Waals surface area contributed by atoms with Crippen molar-refractivity contribution >= 4 is 0 Å². The zero-order valence-electron chi connectivity index (χ0n) is 17.9. The third-order valence-corrected chi connectivity index (χ3v) is 6.73. The molecule has 0 spiro atoms. The van der Waals surface area contributed by atoms with Crippen molar-refractivity contribution in [2.45, 2.75) is 76.8 Å². The number of benzene rings is 2. The van der Waals surface area contributed by atoms with E-state index in [0.29, 0.717) is 17.6 Å². The maximum Gasteiger partial charge on any atom is 0.235 e. The van der Waals surface area contributed by atoms with Gasteiger partial charge in [0.15, 0.2) is 0 Å². The average Bonchev–Trinajstić information content (AvgIpc) is 2.71. The molecule has 0 radical (unpaired) electrons. The van der Waals surface area contributed by atoms with Crippen molar-refractivity contribution in [2.24, 2.45) is 17.6 Å². The van der Waals surface area contributed by atoms with Gasteiger partial charge in [0.25, 0.3) is 0 Å². The lowest BCUT2D eigenvalue weighted by atomic mass is 9.70. The van der Waals surface area contributed by atoms with E-state index in [0.717, 1.165) is 31.4 Å². The molecule has 5 atom stereocenters. The van der Waals surface area contributed by atoms with Gasteiger partial charge in [-0.2, -0.15) is 0 Å². The van der Waals surface area contributed by atoms with Crippen LogP contribution < -0.4 is 15.2 Å². The number of nitrogens with two attached hydrogens (primary N) is 1. The fourth-order valence-corrected chi connectivity index (χ4v) is 5.34. The van der Waals surface area contributed by atoms with E-state index in [1.54, 1.807) is 12.1 Å². The maximum absolute atomic E-state index is 13.3. The van der Waals surface area contributed by atoms with Crippen LogP contribution in [0.2, 0.25) is 0 Å². The van der Waals surface area contributed by atoms with Crippen molar-refractivity contribution in [3.8, 4) is 11.5 Å². The van der Waals surface area contributed by atoms with E-state index in [1.165, 1.54) is 43.7 Å². The van der Waals surface area contributed by atoms with Crippen LogP contribution in [0, 0.1) is 11.8 Å². The van der Waals surface area contributed by atoms with Gasteiger partial charge >= 0.3 is 0 Å². The number of rotatable bonds is 5. The first kappa shape index (κ1) is 21.2. The highest BCUT2D eigenvalue weighted by atomic mass is 19.1. The van der Waals surface area contributed by atoms with Crippen LogP contribution in [0.1, 0.15) is 69.1 Å². The van der Waals surface area contributed by atoms with Gasteiger partial charge in [0.05, 0.1) is 0 Å². The third kappa shape index (κ3) is 5.15. The Labute approximate surface area is 179 Å². The molecule has 2 N–H and O–H groups in total. The van der Waals surface area contributed by atoms with Crippen molar-refractivity contribution in [3.63, 3.8) is 0 Å². The molecule has 0 aromatic heterocycles. The topological polar surface area (TPSA) is 44.5 Å². The molecule has 2 unspecified atom stereocenters. The van der Waals surface area contributed by atoms with Crippen molar-refractivity contribution in [2.75, 3.05) is 0 Å². The minimum absolute atomic E-state index is 0.00961.